The second-order valence-electron chi connectivity index (χ2n) is 2.10. The van der Waals surface area contributed by atoms with Crippen molar-refractivity contribution >= 4 is 0 Å². The van der Waals surface area contributed by atoms with Crippen LogP contribution in [-0.4, -0.2) is 18.9 Å². The maximum absolute atomic E-state index is 12.2. The number of alkyl halides is 2. The van der Waals surface area contributed by atoms with Gasteiger partial charge in [-0.3, -0.25) is 5.32 Å². The highest BCUT2D eigenvalue weighted by molar-refractivity contribution is 4.64. The zero-order valence-corrected chi connectivity index (χ0v) is 5.16. The Kier molecular flexibility index (Phi) is 1.68. The Bertz CT molecular complexity index is 107. The summed E-state index contributed by atoms with van der Waals surface area (Å²) in [6.45, 7) is 1.89. The normalized spacial score (nSPS) is 34.3. The summed E-state index contributed by atoms with van der Waals surface area (Å²) >= 11 is 0. The first-order valence-corrected chi connectivity index (χ1v) is 2.89. The molecule has 1 heterocycles. The molecule has 0 bridgehead atoms. The maximum atomic E-state index is 12.2. The minimum absolute atomic E-state index is 0.225. The van der Waals surface area contributed by atoms with E-state index in [1.165, 1.54) is 0 Å². The van der Waals surface area contributed by atoms with Crippen LogP contribution in [0.4, 0.5) is 8.78 Å². The summed E-state index contributed by atoms with van der Waals surface area (Å²) in [7, 11) is 0. The van der Waals surface area contributed by atoms with Gasteiger partial charge in [-0.25, -0.2) is 0 Å². The molecule has 0 aromatic rings. The first kappa shape index (κ1) is 6.89. The van der Waals surface area contributed by atoms with Crippen molar-refractivity contribution < 1.29 is 13.5 Å². The molecule has 0 radical (unpaired) electrons. The number of rotatable bonds is 0. The fourth-order valence-electron chi connectivity index (χ4n) is 0.780. The molecule has 1 N–H and O–H groups in total. The summed E-state index contributed by atoms with van der Waals surface area (Å²) in [6.07, 6.45) is -3.66. The van der Waals surface area contributed by atoms with Gasteiger partial charge >= 0.3 is 6.11 Å². The van der Waals surface area contributed by atoms with Crippen LogP contribution >= 0.6 is 0 Å². The van der Waals surface area contributed by atoms with Gasteiger partial charge in [-0.05, 0) is 6.92 Å². The lowest BCUT2D eigenvalue weighted by Gasteiger charge is -2.27. The molecule has 0 amide bonds. The van der Waals surface area contributed by atoms with Crippen LogP contribution in [0.1, 0.15) is 13.3 Å². The van der Waals surface area contributed by atoms with Gasteiger partial charge in [0, 0.05) is 6.54 Å². The minimum atomic E-state index is -2.91. The SMILES string of the molecule is CC1NCCC(F)(F)O1. The lowest BCUT2D eigenvalue weighted by molar-refractivity contribution is -0.283. The third-order valence-corrected chi connectivity index (χ3v) is 1.20. The van der Waals surface area contributed by atoms with Crippen LogP contribution in [0.25, 0.3) is 0 Å². The zero-order chi connectivity index (χ0) is 6.91. The number of hydrogen-bond donors (Lipinski definition) is 1. The summed E-state index contributed by atoms with van der Waals surface area (Å²) in [5.41, 5.74) is 0. The van der Waals surface area contributed by atoms with E-state index in [4.69, 9.17) is 0 Å². The van der Waals surface area contributed by atoms with E-state index in [0.717, 1.165) is 0 Å². The molecule has 0 saturated carbocycles. The lowest BCUT2D eigenvalue weighted by Crippen LogP contribution is -2.44. The van der Waals surface area contributed by atoms with Gasteiger partial charge in [0.05, 0.1) is 6.42 Å². The Labute approximate surface area is 52.2 Å². The number of ether oxygens (including phenoxy) is 1. The van der Waals surface area contributed by atoms with Gasteiger partial charge in [-0.1, -0.05) is 0 Å². The van der Waals surface area contributed by atoms with Crippen molar-refractivity contribution in [1.82, 2.24) is 5.32 Å². The molecular formula is C5H9F2NO. The molecule has 1 aliphatic heterocycles. The van der Waals surface area contributed by atoms with Crippen molar-refractivity contribution in [3.63, 3.8) is 0 Å². The molecule has 0 aliphatic carbocycles. The zero-order valence-electron chi connectivity index (χ0n) is 5.16. The molecule has 1 unspecified atom stereocenters. The van der Waals surface area contributed by atoms with Gasteiger partial charge in [-0.2, -0.15) is 8.78 Å². The molecule has 54 valence electrons. The van der Waals surface area contributed by atoms with Gasteiger partial charge in [0.15, 0.2) is 0 Å². The molecule has 2 nitrogen and oxygen atoms in total. The summed E-state index contributed by atoms with van der Waals surface area (Å²) < 4.78 is 28.6. The monoisotopic (exact) mass is 137 g/mol. The highest BCUT2D eigenvalue weighted by atomic mass is 19.3. The predicted octanol–water partition coefficient (Wildman–Crippen LogP) is 0.935. The fraction of sp³-hybridized carbons (Fsp3) is 1.00. The van der Waals surface area contributed by atoms with Crippen molar-refractivity contribution in [2.45, 2.75) is 25.7 Å². The van der Waals surface area contributed by atoms with Gasteiger partial charge in [0.25, 0.3) is 0 Å². The minimum Gasteiger partial charge on any atom is -0.302 e. The first-order chi connectivity index (χ1) is 4.10. The van der Waals surface area contributed by atoms with Gasteiger partial charge in [0.2, 0.25) is 0 Å². The van der Waals surface area contributed by atoms with Gasteiger partial charge in [0.1, 0.15) is 6.23 Å². The first-order valence-electron chi connectivity index (χ1n) is 2.89. The Morgan fingerprint density at radius 1 is 1.67 bits per heavy atom. The van der Waals surface area contributed by atoms with E-state index in [-0.39, 0.29) is 6.42 Å². The summed E-state index contributed by atoms with van der Waals surface area (Å²) in [4.78, 5) is 0. The average Bonchev–Trinajstić information content (AvgIpc) is 1.60. The lowest BCUT2D eigenvalue weighted by atomic mass is 10.3. The predicted molar refractivity (Wildman–Crippen MR) is 28.1 cm³/mol. The van der Waals surface area contributed by atoms with Crippen LogP contribution in [0.5, 0.6) is 0 Å². The molecule has 4 heteroatoms. The quantitative estimate of drug-likeness (QED) is 0.536. The highest BCUT2D eigenvalue weighted by Crippen LogP contribution is 2.23. The van der Waals surface area contributed by atoms with Gasteiger partial charge < -0.3 is 4.74 Å². The van der Waals surface area contributed by atoms with E-state index in [9.17, 15) is 8.78 Å². The molecule has 1 aliphatic rings. The van der Waals surface area contributed by atoms with E-state index < -0.39 is 12.3 Å². The van der Waals surface area contributed by atoms with Crippen molar-refractivity contribution in [2.24, 2.45) is 0 Å². The number of hydrogen-bond acceptors (Lipinski definition) is 2. The smallest absolute Gasteiger partial charge is 0.302 e. The molecule has 1 fully saturated rings. The van der Waals surface area contributed by atoms with Crippen LogP contribution in [0, 0.1) is 0 Å². The molecule has 0 spiro atoms. The number of nitrogens with one attached hydrogen (secondary N) is 1. The molecule has 0 aromatic heterocycles. The molecular weight excluding hydrogens is 128 g/mol. The summed E-state index contributed by atoms with van der Waals surface area (Å²) in [6, 6.07) is 0. The van der Waals surface area contributed by atoms with Crippen LogP contribution in [0.2, 0.25) is 0 Å². The average molecular weight is 137 g/mol. The summed E-state index contributed by atoms with van der Waals surface area (Å²) in [5.74, 6) is 0. The van der Waals surface area contributed by atoms with E-state index in [0.29, 0.717) is 6.54 Å². The van der Waals surface area contributed by atoms with Crippen molar-refractivity contribution in [1.29, 1.82) is 0 Å². The Balaban J connectivity index is 2.41. The Morgan fingerprint density at radius 3 is 2.67 bits per heavy atom. The fourth-order valence-corrected chi connectivity index (χ4v) is 0.780. The number of halogens is 2. The van der Waals surface area contributed by atoms with Gasteiger partial charge in [-0.15, -0.1) is 0 Å². The maximum Gasteiger partial charge on any atom is 0.358 e. The second-order valence-corrected chi connectivity index (χ2v) is 2.10. The third-order valence-electron chi connectivity index (χ3n) is 1.20. The van der Waals surface area contributed by atoms with E-state index in [1.807, 2.05) is 0 Å². The highest BCUT2D eigenvalue weighted by Gasteiger charge is 2.35. The molecule has 1 saturated heterocycles. The van der Waals surface area contributed by atoms with E-state index in [2.05, 4.69) is 10.1 Å². The molecule has 0 aromatic carbocycles. The Morgan fingerprint density at radius 2 is 2.33 bits per heavy atom. The molecule has 1 atom stereocenters. The van der Waals surface area contributed by atoms with Crippen LogP contribution < -0.4 is 5.32 Å². The second kappa shape index (κ2) is 2.19. The van der Waals surface area contributed by atoms with Crippen LogP contribution in [0.3, 0.4) is 0 Å². The van der Waals surface area contributed by atoms with Crippen molar-refractivity contribution in [3.8, 4) is 0 Å². The van der Waals surface area contributed by atoms with Crippen molar-refractivity contribution in [3.05, 3.63) is 0 Å². The van der Waals surface area contributed by atoms with E-state index >= 15 is 0 Å². The summed E-state index contributed by atoms with van der Waals surface area (Å²) in [5, 5.41) is 2.74. The van der Waals surface area contributed by atoms with Crippen LogP contribution in [0.15, 0.2) is 0 Å². The largest absolute Gasteiger partial charge is 0.358 e. The molecule has 1 rings (SSSR count). The van der Waals surface area contributed by atoms with Crippen molar-refractivity contribution in [2.75, 3.05) is 6.54 Å². The third kappa shape index (κ3) is 1.87. The molecule has 9 heavy (non-hydrogen) atoms. The Hall–Kier alpha value is -0.220. The van der Waals surface area contributed by atoms with E-state index in [1.54, 1.807) is 6.92 Å². The van der Waals surface area contributed by atoms with Crippen LogP contribution in [-0.2, 0) is 4.74 Å². The standard InChI is InChI=1S/C5H9F2NO/c1-4-8-3-2-5(6,7)9-4/h4,8H,2-3H2,1H3. The topological polar surface area (TPSA) is 21.3 Å².